The number of rotatable bonds is 9. The van der Waals surface area contributed by atoms with Gasteiger partial charge in [-0.3, -0.25) is 0 Å². The highest BCUT2D eigenvalue weighted by Gasteiger charge is 2.26. The summed E-state index contributed by atoms with van der Waals surface area (Å²) in [6, 6.07) is 6.96. The maximum absolute atomic E-state index is 5.38. The summed E-state index contributed by atoms with van der Waals surface area (Å²) in [5.41, 5.74) is 20.9. The molecular formula is C38H48N4. The lowest BCUT2D eigenvalue weighted by atomic mass is 9.94. The van der Waals surface area contributed by atoms with Crippen molar-refractivity contribution in [2.75, 3.05) is 0 Å². The number of fused-ring (bicyclic) bond motifs is 8. The number of aromatic nitrogens is 4. The number of hydrogen-bond donors (Lipinski definition) is 2. The Balaban J connectivity index is 2.10. The molecule has 0 amide bonds. The molecule has 4 heteroatoms. The first-order valence-corrected chi connectivity index (χ1v) is 16.3. The van der Waals surface area contributed by atoms with Crippen molar-refractivity contribution in [1.29, 1.82) is 0 Å². The standard InChI is InChI=1S/C38H48N4/c1-10-22-24(12-3)33-20-35-26(14-5)28(16-7)37(41-35)30(18-9)38-29(17-8)27(15-6)36(42-38)21-34-25(13-4)23(11-2)32(40-34)19-31(22)39-33/h18-21,39-40H,9-17H2,1-8H3. The Morgan fingerprint density at radius 1 is 0.500 bits per heavy atom. The molecule has 0 radical (unpaired) electrons. The molecule has 5 rings (SSSR count). The molecule has 0 atom stereocenters. The maximum Gasteiger partial charge on any atom is 0.0766 e. The lowest BCUT2D eigenvalue weighted by molar-refractivity contribution is 1.07. The zero-order valence-electron chi connectivity index (χ0n) is 27.1. The second-order valence-corrected chi connectivity index (χ2v) is 11.3. The van der Waals surface area contributed by atoms with E-state index in [-0.39, 0.29) is 0 Å². The highest BCUT2D eigenvalue weighted by molar-refractivity contribution is 5.99. The largest absolute Gasteiger partial charge is 0.355 e. The van der Waals surface area contributed by atoms with Gasteiger partial charge < -0.3 is 9.97 Å². The second-order valence-electron chi connectivity index (χ2n) is 11.3. The maximum atomic E-state index is 5.38. The molecule has 0 aromatic carbocycles. The average molecular weight is 561 g/mol. The van der Waals surface area contributed by atoms with Crippen LogP contribution in [0.3, 0.4) is 0 Å². The van der Waals surface area contributed by atoms with Gasteiger partial charge in [0.25, 0.3) is 0 Å². The first-order chi connectivity index (χ1) is 20.4. The molecule has 4 nitrogen and oxygen atoms in total. The van der Waals surface area contributed by atoms with Crippen LogP contribution in [0.4, 0.5) is 0 Å². The third kappa shape index (κ3) is 4.69. The van der Waals surface area contributed by atoms with Gasteiger partial charge in [-0.25, -0.2) is 9.97 Å². The summed E-state index contributed by atoms with van der Waals surface area (Å²) in [4.78, 5) is 18.5. The fourth-order valence-electron chi connectivity index (χ4n) is 7.41. The zero-order chi connectivity index (χ0) is 30.1. The fraction of sp³-hybridized carbons (Fsp3) is 0.421. The van der Waals surface area contributed by atoms with E-state index in [4.69, 9.17) is 9.97 Å². The molecule has 0 saturated carbocycles. The van der Waals surface area contributed by atoms with E-state index in [0.717, 1.165) is 79.7 Å². The van der Waals surface area contributed by atoms with Crippen LogP contribution in [0.2, 0.25) is 0 Å². The molecule has 2 aliphatic heterocycles. The van der Waals surface area contributed by atoms with Gasteiger partial charge in [-0.2, -0.15) is 0 Å². The molecule has 3 aromatic heterocycles. The van der Waals surface area contributed by atoms with E-state index >= 15 is 0 Å². The third-order valence-corrected chi connectivity index (χ3v) is 9.34. The fourth-order valence-corrected chi connectivity index (χ4v) is 7.41. The van der Waals surface area contributed by atoms with Crippen LogP contribution in [0.5, 0.6) is 0 Å². The van der Waals surface area contributed by atoms with Crippen LogP contribution in [-0.4, -0.2) is 19.9 Å². The molecule has 0 aliphatic carbocycles. The van der Waals surface area contributed by atoms with Gasteiger partial charge in [-0.1, -0.05) is 68.0 Å². The summed E-state index contributed by atoms with van der Waals surface area (Å²) in [6.07, 6.45) is 9.63. The van der Waals surface area contributed by atoms with Gasteiger partial charge in [0.1, 0.15) is 0 Å². The SMILES string of the molecule is C=Cc1c2nc(cc3[nH]c(cc4[nH]c(cc5nc1C(CC)=C5CC)c(CC)c4CC)c(CC)c3CC)C(CC)=C2CC. The molecule has 2 aliphatic rings. The van der Waals surface area contributed by atoms with Crippen molar-refractivity contribution < 1.29 is 0 Å². The summed E-state index contributed by atoms with van der Waals surface area (Å²) in [5, 5.41) is 0. The Hall–Kier alpha value is -3.66. The quantitative estimate of drug-likeness (QED) is 0.273. The molecule has 3 aromatic rings. The molecule has 5 heterocycles. The summed E-state index contributed by atoms with van der Waals surface area (Å²) < 4.78 is 0. The van der Waals surface area contributed by atoms with Crippen molar-refractivity contribution in [3.05, 3.63) is 75.4 Å². The summed E-state index contributed by atoms with van der Waals surface area (Å²) in [5.74, 6) is 0. The predicted molar refractivity (Wildman–Crippen MR) is 183 cm³/mol. The average Bonchev–Trinajstić information content (AvgIpc) is 3.72. The highest BCUT2D eigenvalue weighted by Crippen LogP contribution is 2.42. The van der Waals surface area contributed by atoms with E-state index in [1.807, 2.05) is 6.08 Å². The van der Waals surface area contributed by atoms with E-state index in [9.17, 15) is 0 Å². The molecule has 0 unspecified atom stereocenters. The molecule has 0 fully saturated rings. The monoisotopic (exact) mass is 560 g/mol. The van der Waals surface area contributed by atoms with Gasteiger partial charge in [-0.05, 0) is 114 Å². The van der Waals surface area contributed by atoms with Gasteiger partial charge >= 0.3 is 0 Å². The van der Waals surface area contributed by atoms with Crippen LogP contribution in [0, 0.1) is 0 Å². The van der Waals surface area contributed by atoms with Crippen LogP contribution in [-0.2, 0) is 25.7 Å². The van der Waals surface area contributed by atoms with Crippen molar-refractivity contribution in [2.24, 2.45) is 0 Å². The van der Waals surface area contributed by atoms with Crippen LogP contribution in [0.15, 0.2) is 24.8 Å². The van der Waals surface area contributed by atoms with Crippen LogP contribution >= 0.6 is 0 Å². The van der Waals surface area contributed by atoms with Gasteiger partial charge in [-0.15, -0.1) is 0 Å². The first-order valence-electron chi connectivity index (χ1n) is 16.3. The number of aromatic amines is 2. The van der Waals surface area contributed by atoms with Crippen molar-refractivity contribution in [3.8, 4) is 0 Å². The van der Waals surface area contributed by atoms with Gasteiger partial charge in [0.2, 0.25) is 0 Å². The van der Waals surface area contributed by atoms with Crippen molar-refractivity contribution in [2.45, 2.75) is 107 Å². The minimum Gasteiger partial charge on any atom is -0.355 e. The van der Waals surface area contributed by atoms with Gasteiger partial charge in [0, 0.05) is 27.6 Å². The first kappa shape index (κ1) is 29.8. The molecule has 8 bridgehead atoms. The normalized spacial score (nSPS) is 13.4. The van der Waals surface area contributed by atoms with Crippen LogP contribution in [0.25, 0.3) is 50.4 Å². The number of allylic oxidation sites excluding steroid dienone is 4. The van der Waals surface area contributed by atoms with E-state index in [2.05, 4.69) is 90.1 Å². The number of H-pyrrole nitrogens is 2. The lowest BCUT2D eigenvalue weighted by Gasteiger charge is -2.09. The molecule has 42 heavy (non-hydrogen) atoms. The smallest absolute Gasteiger partial charge is 0.0766 e. The Morgan fingerprint density at radius 3 is 1.12 bits per heavy atom. The van der Waals surface area contributed by atoms with E-state index in [0.29, 0.717) is 0 Å². The summed E-state index contributed by atoms with van der Waals surface area (Å²) in [6.45, 7) is 22.4. The Labute approximate surface area is 252 Å². The minimum absolute atomic E-state index is 0.924. The van der Waals surface area contributed by atoms with Crippen LogP contribution in [0.1, 0.15) is 132 Å². The molecule has 220 valence electrons. The minimum atomic E-state index is 0.924. The van der Waals surface area contributed by atoms with Crippen molar-refractivity contribution >= 4 is 50.4 Å². The van der Waals surface area contributed by atoms with Crippen LogP contribution < -0.4 is 0 Å². The van der Waals surface area contributed by atoms with E-state index in [1.165, 1.54) is 66.6 Å². The number of nitrogens with zero attached hydrogens (tertiary/aromatic N) is 2. The Kier molecular flexibility index (Phi) is 8.73. The lowest BCUT2D eigenvalue weighted by Crippen LogP contribution is -1.93. The summed E-state index contributed by atoms with van der Waals surface area (Å²) in [7, 11) is 0. The number of hydrogen-bond acceptors (Lipinski definition) is 2. The zero-order valence-corrected chi connectivity index (χ0v) is 27.1. The molecular weight excluding hydrogens is 512 g/mol. The highest BCUT2D eigenvalue weighted by atomic mass is 14.8. The van der Waals surface area contributed by atoms with Crippen molar-refractivity contribution in [1.82, 2.24) is 19.9 Å². The number of aryl methyl sites for hydroxylation is 4. The third-order valence-electron chi connectivity index (χ3n) is 9.34. The predicted octanol–water partition coefficient (Wildman–Crippen LogP) is 10.7. The summed E-state index contributed by atoms with van der Waals surface area (Å²) >= 11 is 0. The van der Waals surface area contributed by atoms with E-state index < -0.39 is 0 Å². The van der Waals surface area contributed by atoms with Gasteiger partial charge in [0.15, 0.2) is 0 Å². The van der Waals surface area contributed by atoms with E-state index in [1.54, 1.807) is 0 Å². The van der Waals surface area contributed by atoms with Crippen molar-refractivity contribution in [3.63, 3.8) is 0 Å². The molecule has 0 saturated heterocycles. The Bertz CT molecular complexity index is 1650. The second kappa shape index (κ2) is 12.3. The topological polar surface area (TPSA) is 57.4 Å². The van der Waals surface area contributed by atoms with Gasteiger partial charge in [0.05, 0.1) is 22.8 Å². The molecule has 2 N–H and O–H groups in total. The molecule has 0 spiro atoms. The number of nitrogens with one attached hydrogen (secondary N) is 2. The Morgan fingerprint density at radius 2 is 0.833 bits per heavy atom.